The fourth-order valence-corrected chi connectivity index (χ4v) is 5.85. The van der Waals surface area contributed by atoms with E-state index in [-0.39, 0.29) is 6.10 Å². The third-order valence-electron chi connectivity index (χ3n) is 7.29. The third kappa shape index (κ3) is 4.59. The van der Waals surface area contributed by atoms with Gasteiger partial charge in [0.1, 0.15) is 24.5 Å². The van der Waals surface area contributed by atoms with Crippen LogP contribution in [0.5, 0.6) is 11.8 Å². The Morgan fingerprint density at radius 1 is 1.17 bits per heavy atom. The molecule has 1 aliphatic carbocycles. The highest BCUT2D eigenvalue weighted by atomic mass is 79.9. The first-order chi connectivity index (χ1) is 17.1. The van der Waals surface area contributed by atoms with Crippen molar-refractivity contribution in [3.05, 3.63) is 52.0 Å². The molecule has 1 N–H and O–H groups in total. The van der Waals surface area contributed by atoms with E-state index in [2.05, 4.69) is 44.3 Å². The Balaban J connectivity index is 1.47. The first-order valence-corrected chi connectivity index (χ1v) is 13.3. The Hall–Kier alpha value is -2.42. The van der Waals surface area contributed by atoms with Gasteiger partial charge in [-0.25, -0.2) is 0 Å². The van der Waals surface area contributed by atoms with Crippen LogP contribution in [0.4, 0.5) is 5.82 Å². The molecular weight excluding hydrogens is 508 g/mol. The van der Waals surface area contributed by atoms with Crippen LogP contribution in [0.15, 0.2) is 40.9 Å². The van der Waals surface area contributed by atoms with E-state index in [1.165, 1.54) is 18.4 Å². The van der Waals surface area contributed by atoms with Gasteiger partial charge >= 0.3 is 6.01 Å². The Bertz CT molecular complexity index is 1220. The van der Waals surface area contributed by atoms with E-state index in [1.54, 1.807) is 7.11 Å². The number of fused-ring (bicyclic) bond motifs is 3. The topological polar surface area (TPSA) is 68.7 Å². The molecule has 8 heteroatoms. The lowest BCUT2D eigenvalue weighted by Gasteiger charge is -2.30. The summed E-state index contributed by atoms with van der Waals surface area (Å²) in [6, 6.07) is 13.8. The van der Waals surface area contributed by atoms with Gasteiger partial charge in [-0.2, -0.15) is 9.97 Å². The number of nitrogens with one attached hydrogen (secondary N) is 1. The zero-order valence-corrected chi connectivity index (χ0v) is 21.8. The first kappa shape index (κ1) is 23.0. The summed E-state index contributed by atoms with van der Waals surface area (Å²) in [6.45, 7) is 4.75. The summed E-state index contributed by atoms with van der Waals surface area (Å²) in [6.07, 6.45) is 3.49. The second-order valence-electron chi connectivity index (χ2n) is 9.89. The fourth-order valence-electron chi connectivity index (χ4n) is 5.11. The normalized spacial score (nSPS) is 22.1. The minimum Gasteiger partial charge on any atom is -0.485 e. The predicted octanol–water partition coefficient (Wildman–Crippen LogP) is 4.81. The van der Waals surface area contributed by atoms with Gasteiger partial charge in [-0.05, 0) is 65.2 Å². The van der Waals surface area contributed by atoms with Gasteiger partial charge in [0.05, 0.1) is 10.6 Å². The number of hydrogen-bond acceptors (Lipinski definition) is 7. The number of halogens is 1. The maximum Gasteiger partial charge on any atom is 0.319 e. The Morgan fingerprint density at radius 3 is 2.69 bits per heavy atom. The number of rotatable bonds is 9. The maximum absolute atomic E-state index is 6.49. The molecule has 7 nitrogen and oxygen atoms in total. The zero-order valence-electron chi connectivity index (χ0n) is 20.2. The third-order valence-corrected chi connectivity index (χ3v) is 8.11. The van der Waals surface area contributed by atoms with Gasteiger partial charge in [-0.3, -0.25) is 0 Å². The average Bonchev–Trinajstić information content (AvgIpc) is 3.51. The highest BCUT2D eigenvalue weighted by Crippen LogP contribution is 2.50. The largest absolute Gasteiger partial charge is 0.485 e. The number of nitrogens with zero attached hydrogens (tertiary/aromatic N) is 3. The van der Waals surface area contributed by atoms with Gasteiger partial charge in [-0.15, -0.1) is 0 Å². The molecular formula is C27H31BrN4O3. The van der Waals surface area contributed by atoms with Crippen molar-refractivity contribution in [1.29, 1.82) is 0 Å². The van der Waals surface area contributed by atoms with Crippen molar-refractivity contribution in [3.63, 3.8) is 0 Å². The van der Waals surface area contributed by atoms with E-state index < -0.39 is 0 Å². The standard InChI is InChI=1S/C27H31BrN4O3/c1-16(33-2)14-35-27-30-24-22(26(31-27)32-13-19-10-20(32)12-29-19)11-21(18-8-9-18)23(28)25(24)34-15-17-6-4-3-5-7-17/h3-7,11,16,18-20,29H,8-10,12-15H2,1-2H3/t16-,19?,20-/m0/s1. The van der Waals surface area contributed by atoms with Gasteiger partial charge in [0.15, 0.2) is 5.75 Å². The van der Waals surface area contributed by atoms with Crippen LogP contribution in [0.25, 0.3) is 10.9 Å². The summed E-state index contributed by atoms with van der Waals surface area (Å²) in [5.74, 6) is 2.27. The SMILES string of the molecule is CO[C@@H](C)COc1nc(N2CC3C[C@H]2CN3)c2cc(C3CC3)c(Br)c(OCc3ccccc3)c2n1. The van der Waals surface area contributed by atoms with E-state index in [0.29, 0.717) is 37.2 Å². The van der Waals surface area contributed by atoms with Crippen molar-refractivity contribution in [2.24, 2.45) is 0 Å². The summed E-state index contributed by atoms with van der Waals surface area (Å²) in [5, 5.41) is 4.64. The maximum atomic E-state index is 6.49. The van der Waals surface area contributed by atoms with Crippen molar-refractivity contribution >= 4 is 32.7 Å². The predicted molar refractivity (Wildman–Crippen MR) is 139 cm³/mol. The summed E-state index contributed by atoms with van der Waals surface area (Å²) in [4.78, 5) is 12.3. The second kappa shape index (κ2) is 9.56. The van der Waals surface area contributed by atoms with Gasteiger partial charge in [0, 0.05) is 37.7 Å². The molecule has 3 fully saturated rings. The smallest absolute Gasteiger partial charge is 0.319 e. The van der Waals surface area contributed by atoms with Crippen molar-refractivity contribution < 1.29 is 14.2 Å². The number of benzene rings is 2. The molecule has 0 radical (unpaired) electrons. The molecule has 2 saturated heterocycles. The van der Waals surface area contributed by atoms with Crippen molar-refractivity contribution in [3.8, 4) is 11.8 Å². The van der Waals surface area contributed by atoms with Crippen molar-refractivity contribution in [2.45, 2.75) is 56.9 Å². The summed E-state index contributed by atoms with van der Waals surface area (Å²) < 4.78 is 18.9. The number of methoxy groups -OCH3 is 1. The van der Waals surface area contributed by atoms with E-state index in [4.69, 9.17) is 24.2 Å². The van der Waals surface area contributed by atoms with Crippen molar-refractivity contribution in [2.75, 3.05) is 31.7 Å². The molecule has 1 saturated carbocycles. The summed E-state index contributed by atoms with van der Waals surface area (Å²) >= 11 is 3.89. The van der Waals surface area contributed by atoms with Gasteiger partial charge in [0.2, 0.25) is 0 Å². The highest BCUT2D eigenvalue weighted by Gasteiger charge is 2.40. The number of aromatic nitrogens is 2. The van der Waals surface area contributed by atoms with Gasteiger partial charge in [0.25, 0.3) is 0 Å². The first-order valence-electron chi connectivity index (χ1n) is 12.5. The minimum atomic E-state index is -0.0532. The monoisotopic (exact) mass is 538 g/mol. The fraction of sp³-hybridized carbons (Fsp3) is 0.481. The minimum absolute atomic E-state index is 0.0532. The molecule has 2 bridgehead atoms. The van der Waals surface area contributed by atoms with Gasteiger partial charge < -0.3 is 24.4 Å². The molecule has 3 heterocycles. The van der Waals surface area contributed by atoms with Crippen LogP contribution in [0.3, 0.4) is 0 Å². The Kier molecular flexibility index (Phi) is 6.28. The molecule has 35 heavy (non-hydrogen) atoms. The number of piperazine rings is 1. The molecule has 184 valence electrons. The molecule has 0 spiro atoms. The van der Waals surface area contributed by atoms with E-state index in [9.17, 15) is 0 Å². The quantitative estimate of drug-likeness (QED) is 0.419. The average molecular weight is 539 g/mol. The lowest BCUT2D eigenvalue weighted by molar-refractivity contribution is 0.0682. The van der Waals surface area contributed by atoms with Crippen LogP contribution in [-0.4, -0.2) is 55.0 Å². The van der Waals surface area contributed by atoms with Crippen LogP contribution in [0.1, 0.15) is 43.2 Å². The second-order valence-corrected chi connectivity index (χ2v) is 10.7. The molecule has 3 aromatic rings. The molecule has 1 aromatic heterocycles. The van der Waals surface area contributed by atoms with Gasteiger partial charge in [-0.1, -0.05) is 30.3 Å². The van der Waals surface area contributed by atoms with E-state index >= 15 is 0 Å². The summed E-state index contributed by atoms with van der Waals surface area (Å²) in [5.41, 5.74) is 3.19. The molecule has 2 aromatic carbocycles. The van der Waals surface area contributed by atoms with Crippen molar-refractivity contribution in [1.82, 2.24) is 15.3 Å². The van der Waals surface area contributed by atoms with Crippen LogP contribution in [0, 0.1) is 0 Å². The lowest BCUT2D eigenvalue weighted by Crippen LogP contribution is -2.44. The molecule has 1 unspecified atom stereocenters. The number of hydrogen-bond donors (Lipinski definition) is 1. The number of anilines is 1. The van der Waals surface area contributed by atoms with E-state index in [0.717, 1.165) is 52.0 Å². The number of ether oxygens (including phenoxy) is 3. The Labute approximate surface area is 214 Å². The van der Waals surface area contributed by atoms with Crippen LogP contribution < -0.4 is 19.7 Å². The molecule has 0 amide bonds. The van der Waals surface area contributed by atoms with E-state index in [1.807, 2.05) is 25.1 Å². The van der Waals surface area contributed by atoms with Crippen LogP contribution in [-0.2, 0) is 11.3 Å². The highest BCUT2D eigenvalue weighted by molar-refractivity contribution is 9.10. The molecule has 3 atom stereocenters. The molecule has 3 aliphatic rings. The lowest BCUT2D eigenvalue weighted by atomic mass is 10.1. The zero-order chi connectivity index (χ0) is 23.9. The Morgan fingerprint density at radius 2 is 2.00 bits per heavy atom. The molecule has 2 aliphatic heterocycles. The molecule has 6 rings (SSSR count). The summed E-state index contributed by atoms with van der Waals surface area (Å²) in [7, 11) is 1.68. The van der Waals surface area contributed by atoms with Crippen LogP contribution in [0.2, 0.25) is 0 Å². The van der Waals surface area contributed by atoms with Crippen LogP contribution >= 0.6 is 15.9 Å².